The van der Waals surface area contributed by atoms with Crippen molar-refractivity contribution in [2.24, 2.45) is 5.10 Å². The van der Waals surface area contributed by atoms with E-state index in [1.165, 1.54) is 12.1 Å². The molecule has 0 aromatic heterocycles. The van der Waals surface area contributed by atoms with E-state index in [0.717, 1.165) is 39.2 Å². The van der Waals surface area contributed by atoms with Crippen molar-refractivity contribution in [1.29, 1.82) is 0 Å². The fraction of sp³-hybridized carbons (Fsp3) is 0.133. The lowest BCUT2D eigenvalue weighted by atomic mass is 9.72. The van der Waals surface area contributed by atoms with Crippen LogP contribution in [-0.2, 0) is 6.42 Å². The van der Waals surface area contributed by atoms with Gasteiger partial charge in [0.15, 0.2) is 5.78 Å². The van der Waals surface area contributed by atoms with Crippen molar-refractivity contribution in [3.05, 3.63) is 137 Å². The van der Waals surface area contributed by atoms with Crippen LogP contribution < -0.4 is 5.01 Å². The second kappa shape index (κ2) is 7.77. The van der Waals surface area contributed by atoms with Gasteiger partial charge in [-0.25, -0.2) is 9.40 Å². The predicted molar refractivity (Wildman–Crippen MR) is 133 cm³/mol. The third-order valence-electron chi connectivity index (χ3n) is 7.00. The fourth-order valence-electron chi connectivity index (χ4n) is 5.40. The van der Waals surface area contributed by atoms with Gasteiger partial charge in [-0.2, -0.15) is 5.10 Å². The molecule has 0 N–H and O–H groups in total. The van der Waals surface area contributed by atoms with Gasteiger partial charge in [-0.15, -0.1) is 0 Å². The van der Waals surface area contributed by atoms with Crippen molar-refractivity contribution in [2.75, 3.05) is 5.01 Å². The molecule has 4 aromatic carbocycles. The molecule has 0 amide bonds. The zero-order valence-corrected chi connectivity index (χ0v) is 18.8. The highest BCUT2D eigenvalue weighted by atomic mass is 19.1. The van der Waals surface area contributed by atoms with Gasteiger partial charge < -0.3 is 0 Å². The molecule has 2 atom stereocenters. The number of fused-ring (bicyclic) bond motifs is 1. The molecule has 1 heterocycles. The minimum atomic E-state index is -0.970. The number of hydrogen-bond donors (Lipinski definition) is 0. The summed E-state index contributed by atoms with van der Waals surface area (Å²) in [6, 6.07) is 32.4. The molecule has 0 saturated heterocycles. The number of nitrogens with zero attached hydrogens (tertiary/aromatic N) is 2. The number of Topliss-reactive ketones (excluding diaryl/α,β-unsaturated/α-hetero) is 1. The van der Waals surface area contributed by atoms with Crippen LogP contribution in [0.25, 0.3) is 0 Å². The predicted octanol–water partition coefficient (Wildman–Crippen LogP) is 6.32. The van der Waals surface area contributed by atoms with E-state index in [1.807, 2.05) is 90.8 Å². The fourth-order valence-corrected chi connectivity index (χ4v) is 5.40. The van der Waals surface area contributed by atoms with E-state index < -0.39 is 5.54 Å². The molecule has 1 aliphatic heterocycles. The summed E-state index contributed by atoms with van der Waals surface area (Å²) in [6.07, 6.45) is 0.526. The number of halogens is 1. The summed E-state index contributed by atoms with van der Waals surface area (Å²) in [4.78, 5) is 14.3. The van der Waals surface area contributed by atoms with Crippen LogP contribution in [0.5, 0.6) is 0 Å². The Morgan fingerprint density at radius 2 is 1.53 bits per heavy atom. The summed E-state index contributed by atoms with van der Waals surface area (Å²) in [7, 11) is 0. The summed E-state index contributed by atoms with van der Waals surface area (Å²) in [6.45, 7) is 2.04. The molecule has 4 heteroatoms. The summed E-state index contributed by atoms with van der Waals surface area (Å²) in [5.74, 6) is -0.616. The average molecular weight is 447 g/mol. The van der Waals surface area contributed by atoms with Crippen molar-refractivity contribution in [3.8, 4) is 0 Å². The number of benzene rings is 4. The van der Waals surface area contributed by atoms with Crippen molar-refractivity contribution in [1.82, 2.24) is 0 Å². The van der Waals surface area contributed by atoms with Crippen LogP contribution in [0.1, 0.15) is 38.5 Å². The first-order valence-electron chi connectivity index (χ1n) is 11.5. The molecule has 0 radical (unpaired) electrons. The van der Waals surface area contributed by atoms with Crippen LogP contribution in [0.4, 0.5) is 10.1 Å². The highest BCUT2D eigenvalue weighted by molar-refractivity contribution is 6.19. The monoisotopic (exact) mass is 446 g/mol. The minimum absolute atomic E-state index is 0.0488. The SMILES string of the molecule is Cc1ccc(N2N=C(c3ccccc3)[C@H](c3ccc(F)cc3)[C@]23Cc2ccccc2C3=O)cc1. The summed E-state index contributed by atoms with van der Waals surface area (Å²) >= 11 is 0. The van der Waals surface area contributed by atoms with E-state index in [1.54, 1.807) is 12.1 Å². The lowest BCUT2D eigenvalue weighted by Gasteiger charge is -2.37. The van der Waals surface area contributed by atoms with E-state index in [0.29, 0.717) is 6.42 Å². The van der Waals surface area contributed by atoms with Gasteiger partial charge in [0, 0.05) is 12.0 Å². The molecule has 6 rings (SSSR count). The second-order valence-electron chi connectivity index (χ2n) is 9.07. The Bertz CT molecular complexity index is 1410. The molecule has 3 nitrogen and oxygen atoms in total. The van der Waals surface area contributed by atoms with Gasteiger partial charge in [-0.3, -0.25) is 4.79 Å². The minimum Gasteiger partial charge on any atom is -0.291 e. The van der Waals surface area contributed by atoms with E-state index >= 15 is 0 Å². The van der Waals surface area contributed by atoms with Gasteiger partial charge in [0.05, 0.1) is 17.3 Å². The molecule has 34 heavy (non-hydrogen) atoms. The molecule has 0 saturated carbocycles. The van der Waals surface area contributed by atoms with Crippen LogP contribution in [0.15, 0.2) is 108 Å². The number of carbonyl (C=O) groups is 1. The summed E-state index contributed by atoms with van der Waals surface area (Å²) in [5, 5.41) is 7.06. The smallest absolute Gasteiger partial charge is 0.192 e. The van der Waals surface area contributed by atoms with Crippen molar-refractivity contribution in [3.63, 3.8) is 0 Å². The Balaban J connectivity index is 1.63. The first-order valence-corrected chi connectivity index (χ1v) is 11.5. The number of aryl methyl sites for hydroxylation is 1. The first kappa shape index (κ1) is 20.5. The third-order valence-corrected chi connectivity index (χ3v) is 7.00. The molecule has 0 bridgehead atoms. The standard InChI is InChI=1S/C30H23FN2O/c1-20-11-17-25(18-12-20)33-30(19-23-9-5-6-10-26(23)29(30)34)27(21-13-15-24(31)16-14-21)28(32-33)22-7-3-2-4-8-22/h2-18,27H,19H2,1H3/t27-,30-/m0/s1. The maximum atomic E-state index is 14.3. The van der Waals surface area contributed by atoms with Crippen LogP contribution in [0.3, 0.4) is 0 Å². The molecule has 2 aliphatic rings. The molecular weight excluding hydrogens is 423 g/mol. The van der Waals surface area contributed by atoms with Crippen LogP contribution in [0.2, 0.25) is 0 Å². The Kier molecular flexibility index (Phi) is 4.70. The van der Waals surface area contributed by atoms with Crippen LogP contribution in [-0.4, -0.2) is 17.0 Å². The van der Waals surface area contributed by atoms with E-state index in [2.05, 4.69) is 0 Å². The number of carbonyl (C=O) groups excluding carboxylic acids is 1. The lowest BCUT2D eigenvalue weighted by molar-refractivity contribution is 0.0899. The van der Waals surface area contributed by atoms with Crippen LogP contribution >= 0.6 is 0 Å². The zero-order chi connectivity index (χ0) is 23.3. The second-order valence-corrected chi connectivity index (χ2v) is 9.07. The van der Waals surface area contributed by atoms with Crippen molar-refractivity contribution in [2.45, 2.75) is 24.8 Å². The number of anilines is 1. The van der Waals surface area contributed by atoms with Crippen molar-refractivity contribution >= 4 is 17.2 Å². The lowest BCUT2D eigenvalue weighted by Crippen LogP contribution is -2.53. The largest absolute Gasteiger partial charge is 0.291 e. The first-order chi connectivity index (χ1) is 16.6. The molecular formula is C30H23FN2O. The normalized spacial score (nSPS) is 21.1. The van der Waals surface area contributed by atoms with E-state index in [9.17, 15) is 9.18 Å². The number of hydrazone groups is 1. The number of ketones is 1. The Morgan fingerprint density at radius 3 is 2.24 bits per heavy atom. The maximum absolute atomic E-state index is 14.3. The number of hydrogen-bond acceptors (Lipinski definition) is 3. The van der Waals surface area contributed by atoms with Crippen molar-refractivity contribution < 1.29 is 9.18 Å². The Hall–Kier alpha value is -4.05. The molecule has 0 fully saturated rings. The summed E-state index contributed by atoms with van der Waals surface area (Å²) in [5.41, 5.74) is 5.42. The molecule has 166 valence electrons. The third kappa shape index (κ3) is 3.02. The highest BCUT2D eigenvalue weighted by Gasteiger charge is 2.61. The number of rotatable bonds is 3. The van der Waals surface area contributed by atoms with Gasteiger partial charge in [0.2, 0.25) is 0 Å². The quantitative estimate of drug-likeness (QED) is 0.369. The molecule has 4 aromatic rings. The Morgan fingerprint density at radius 1 is 0.853 bits per heavy atom. The van der Waals surface area contributed by atoms with E-state index in [4.69, 9.17) is 5.10 Å². The van der Waals surface area contributed by atoms with Gasteiger partial charge >= 0.3 is 0 Å². The van der Waals surface area contributed by atoms with Gasteiger partial charge in [0.1, 0.15) is 11.4 Å². The topological polar surface area (TPSA) is 32.7 Å². The van der Waals surface area contributed by atoms with Gasteiger partial charge in [0.25, 0.3) is 0 Å². The highest BCUT2D eigenvalue weighted by Crippen LogP contribution is 2.51. The maximum Gasteiger partial charge on any atom is 0.192 e. The Labute approximate surface area is 198 Å². The zero-order valence-electron chi connectivity index (χ0n) is 18.8. The van der Waals surface area contributed by atoms with Gasteiger partial charge in [-0.1, -0.05) is 84.4 Å². The molecule has 1 aliphatic carbocycles. The molecule has 1 spiro atoms. The molecule has 0 unspecified atom stereocenters. The van der Waals surface area contributed by atoms with E-state index in [-0.39, 0.29) is 17.5 Å². The average Bonchev–Trinajstić information content (AvgIpc) is 3.36. The van der Waals surface area contributed by atoms with Gasteiger partial charge in [-0.05, 0) is 47.9 Å². The van der Waals surface area contributed by atoms with Crippen LogP contribution in [0, 0.1) is 12.7 Å². The summed E-state index contributed by atoms with van der Waals surface area (Å²) < 4.78 is 13.9.